The molecule has 2 aromatic heterocycles. The molecule has 4 heterocycles. The van der Waals surface area contributed by atoms with Gasteiger partial charge in [0.15, 0.2) is 5.71 Å². The zero-order valence-electron chi connectivity index (χ0n) is 46.3. The molecular weight excluding hydrogens is 1110 g/mol. The number of rotatable bonds is 28. The second-order valence-electron chi connectivity index (χ2n) is 20.6. The van der Waals surface area contributed by atoms with Crippen LogP contribution in [-0.2, 0) is 41.2 Å². The third-order valence-corrected chi connectivity index (χ3v) is 17.4. The van der Waals surface area contributed by atoms with Crippen molar-refractivity contribution in [2.45, 2.75) is 111 Å². The van der Waals surface area contributed by atoms with Crippen molar-refractivity contribution < 1.29 is 62.7 Å². The van der Waals surface area contributed by atoms with Gasteiger partial charge in [0.05, 0.1) is 28.1 Å². The number of nitrogens with zero attached hydrogens (tertiary/aromatic N) is 3. The number of anilines is 1. The highest BCUT2D eigenvalue weighted by Gasteiger charge is 2.49. The van der Waals surface area contributed by atoms with E-state index < -0.39 is 83.3 Å². The van der Waals surface area contributed by atoms with Crippen LogP contribution in [0.15, 0.2) is 77.9 Å². The number of hydrogen-bond donors (Lipinski definition) is 7. The lowest BCUT2D eigenvalue weighted by molar-refractivity contribution is -0.435. The highest BCUT2D eigenvalue weighted by Crippen LogP contribution is 2.52. The molecule has 24 heteroatoms. The van der Waals surface area contributed by atoms with Gasteiger partial charge in [-0.3, -0.25) is 32.8 Å². The number of carbonyl (C=O) groups excluding carboxylic acids is 4. The fourth-order valence-electron chi connectivity index (χ4n) is 10.6. The molecule has 2 aromatic carbocycles. The molecule has 1 atom stereocenters. The number of benzene rings is 2. The first kappa shape index (κ1) is 63.0. The minimum atomic E-state index is -4.45. The summed E-state index contributed by atoms with van der Waals surface area (Å²) in [5.74, 6) is -4.36. The number of pyridine rings is 1. The normalized spacial score (nSPS) is 16.7. The number of nitrogens with one attached hydrogen (secondary N) is 4. The van der Waals surface area contributed by atoms with Gasteiger partial charge < -0.3 is 26.2 Å². The average Bonchev–Trinajstić information content (AvgIpc) is 4.26. The van der Waals surface area contributed by atoms with Crippen molar-refractivity contribution in [2.24, 2.45) is 0 Å². The second-order valence-corrected chi connectivity index (χ2v) is 26.3. The van der Waals surface area contributed by atoms with Crippen molar-refractivity contribution in [1.82, 2.24) is 26.3 Å². The molecule has 80 heavy (non-hydrogen) atoms. The summed E-state index contributed by atoms with van der Waals surface area (Å²) >= 11 is 1.37. The van der Waals surface area contributed by atoms with Crippen LogP contribution in [0, 0.1) is 0 Å². The second kappa shape index (κ2) is 26.6. The maximum atomic E-state index is 13.9. The standard InChI is InChI=1S/C56H73N7O13S4/c1-8-12-13-17-26-62-45-35-38(51(64)58-23-10-3)32-41(52(65)57-11-4)48(45)55(5,6)46(62)19-15-14-16-20-47-56(7,22-9-2)42-36-40(50-39(21-28-77-50)49(42)63(47)27-18-29-78(68,69)70)37-33-43(53(66)59-24-30-79(71,72)73)61-44(34-37)54(67)60-25-31-80(74,75)76/h14-16,19-21,28,32-36H,8-13,17-18,22-27,29-31H2,1-7H3,(H6-,57,58,59,60,64,65,66,67,68,69,70,71,72,73,74,75,76)/p+1/t56-/m0/s1. The molecular formula is C56H74N7O13S4+. The average molecular weight is 1180 g/mol. The SMILES string of the molecule is CCCCCCN1/C(=C/C=C/C=C/C2=[N+](CCCS(=O)(=O)O)c3c(cc(-c4cc(C(=O)NCCS(=O)(=O)O)nc(C(=O)NCCS(=O)(=O)O)c4)c4sccc34)[C@]2(C)CCC)C(C)(C)c2c(C(=O)NCC)cc(C(=O)NCCC)cc21. The van der Waals surface area contributed by atoms with Gasteiger partial charge in [0, 0.05) is 94.5 Å². The van der Waals surface area contributed by atoms with E-state index in [0.29, 0.717) is 59.4 Å². The van der Waals surface area contributed by atoms with Gasteiger partial charge >= 0.3 is 0 Å². The molecule has 6 rings (SSSR count). The topological polar surface area (TPSA) is 299 Å². The highest BCUT2D eigenvalue weighted by molar-refractivity contribution is 7.86. The van der Waals surface area contributed by atoms with Crippen molar-refractivity contribution in [3.05, 3.63) is 111 Å². The van der Waals surface area contributed by atoms with Gasteiger partial charge in [-0.05, 0) is 86.5 Å². The largest absolute Gasteiger partial charge is 0.352 e. The molecule has 4 amide bonds. The Kier molecular flexibility index (Phi) is 21.0. The number of hydrogen-bond acceptors (Lipinski definition) is 13. The fraction of sp³-hybridized carbons (Fsp3) is 0.464. The first-order valence-electron chi connectivity index (χ1n) is 26.9. The van der Waals surface area contributed by atoms with Crippen LogP contribution < -0.4 is 26.2 Å². The minimum absolute atomic E-state index is 0.0631. The summed E-state index contributed by atoms with van der Waals surface area (Å²) in [6.07, 6.45) is 15.9. The van der Waals surface area contributed by atoms with Gasteiger partial charge in [-0.15, -0.1) is 11.3 Å². The summed E-state index contributed by atoms with van der Waals surface area (Å²) < 4.78 is 102. The molecule has 0 fully saturated rings. The molecule has 0 saturated carbocycles. The van der Waals surface area contributed by atoms with Gasteiger partial charge in [0.2, 0.25) is 5.69 Å². The predicted molar refractivity (Wildman–Crippen MR) is 314 cm³/mol. The predicted octanol–water partition coefficient (Wildman–Crippen LogP) is 7.90. The van der Waals surface area contributed by atoms with Crippen molar-refractivity contribution >= 4 is 92.5 Å². The lowest BCUT2D eigenvalue weighted by Gasteiger charge is -2.27. The van der Waals surface area contributed by atoms with Crippen LogP contribution in [0.4, 0.5) is 11.4 Å². The maximum absolute atomic E-state index is 13.9. The summed E-state index contributed by atoms with van der Waals surface area (Å²) in [5.41, 5.74) is 4.77. The Balaban J connectivity index is 1.48. The number of unbranched alkanes of at least 4 members (excludes halogenated alkanes) is 3. The molecule has 4 aromatic rings. The Morgan fingerprint density at radius 3 is 1.93 bits per heavy atom. The van der Waals surface area contributed by atoms with E-state index >= 15 is 0 Å². The van der Waals surface area contributed by atoms with Gasteiger partial charge in [-0.2, -0.15) is 29.8 Å². The molecule has 0 spiro atoms. The number of fused-ring (bicyclic) bond motifs is 4. The van der Waals surface area contributed by atoms with Crippen LogP contribution in [0.5, 0.6) is 0 Å². The summed E-state index contributed by atoms with van der Waals surface area (Å²) in [6, 6.07) is 10.3. The molecule has 0 aliphatic carbocycles. The van der Waals surface area contributed by atoms with Gasteiger partial charge in [-0.1, -0.05) is 78.5 Å². The zero-order chi connectivity index (χ0) is 58.8. The molecule has 0 radical (unpaired) electrons. The Bertz CT molecular complexity index is 3430. The number of thiophene rings is 1. The highest BCUT2D eigenvalue weighted by atomic mass is 32.2. The van der Waals surface area contributed by atoms with E-state index in [2.05, 4.69) is 63.4 Å². The Morgan fingerprint density at radius 1 is 0.700 bits per heavy atom. The monoisotopic (exact) mass is 1180 g/mol. The van der Waals surface area contributed by atoms with Crippen LogP contribution in [0.25, 0.3) is 21.2 Å². The van der Waals surface area contributed by atoms with Gasteiger partial charge in [0.1, 0.15) is 17.9 Å². The molecule has 0 unspecified atom stereocenters. The van der Waals surface area contributed by atoms with Crippen LogP contribution in [-0.4, -0.2) is 134 Å². The summed E-state index contributed by atoms with van der Waals surface area (Å²) in [7, 11) is -13.2. The molecule has 7 N–H and O–H groups in total. The fourth-order valence-corrected chi connectivity index (χ4v) is 12.7. The van der Waals surface area contributed by atoms with Crippen LogP contribution >= 0.6 is 11.3 Å². The van der Waals surface area contributed by atoms with Crippen LogP contribution in [0.1, 0.15) is 153 Å². The van der Waals surface area contributed by atoms with E-state index in [9.17, 15) is 58.1 Å². The number of allylic oxidation sites excluding steroid dienone is 6. The summed E-state index contributed by atoms with van der Waals surface area (Å²) in [6.45, 7) is 15.0. The van der Waals surface area contributed by atoms with Crippen molar-refractivity contribution in [2.75, 3.05) is 61.4 Å². The van der Waals surface area contributed by atoms with E-state index in [1.54, 1.807) is 6.07 Å². The summed E-state index contributed by atoms with van der Waals surface area (Å²) in [5, 5.41) is 13.4. The molecule has 2 aliphatic rings. The maximum Gasteiger partial charge on any atom is 0.269 e. The zero-order valence-corrected chi connectivity index (χ0v) is 49.6. The van der Waals surface area contributed by atoms with Crippen molar-refractivity contribution in [3.8, 4) is 11.1 Å². The van der Waals surface area contributed by atoms with E-state index in [4.69, 9.17) is 0 Å². The lowest BCUT2D eigenvalue weighted by atomic mass is 9.74. The van der Waals surface area contributed by atoms with Crippen molar-refractivity contribution in [1.29, 1.82) is 0 Å². The van der Waals surface area contributed by atoms with E-state index in [1.807, 2.05) is 74.7 Å². The molecule has 20 nitrogen and oxygen atoms in total. The number of carbonyl (C=O) groups is 4. The Hall–Kier alpha value is -6.15. The number of aromatic nitrogens is 1. The van der Waals surface area contributed by atoms with Crippen LogP contribution in [0.3, 0.4) is 0 Å². The third-order valence-electron chi connectivity index (χ3n) is 14.2. The Labute approximate surface area is 473 Å². The van der Waals surface area contributed by atoms with E-state index in [-0.39, 0.29) is 36.2 Å². The van der Waals surface area contributed by atoms with Crippen molar-refractivity contribution in [3.63, 3.8) is 0 Å². The lowest BCUT2D eigenvalue weighted by Crippen LogP contribution is -2.32. The molecule has 0 bridgehead atoms. The molecule has 434 valence electrons. The smallest absolute Gasteiger partial charge is 0.269 e. The first-order chi connectivity index (χ1) is 37.7. The van der Waals surface area contributed by atoms with Crippen LogP contribution in [0.2, 0.25) is 0 Å². The van der Waals surface area contributed by atoms with Gasteiger partial charge in [-0.25, -0.2) is 4.98 Å². The summed E-state index contributed by atoms with van der Waals surface area (Å²) in [4.78, 5) is 61.0. The first-order valence-corrected chi connectivity index (χ1v) is 32.6. The Morgan fingerprint density at radius 2 is 1.34 bits per heavy atom. The van der Waals surface area contributed by atoms with E-state index in [0.717, 1.165) is 71.4 Å². The van der Waals surface area contributed by atoms with E-state index in [1.165, 1.54) is 23.5 Å². The number of amides is 4. The quantitative estimate of drug-likeness (QED) is 0.0123. The van der Waals surface area contributed by atoms with Gasteiger partial charge in [0.25, 0.3) is 54.0 Å². The third kappa shape index (κ3) is 15.2. The molecule has 2 aliphatic heterocycles. The minimum Gasteiger partial charge on any atom is -0.352 e. The molecule has 0 saturated heterocycles.